The number of amides is 1. The summed E-state index contributed by atoms with van der Waals surface area (Å²) in [5, 5.41) is 11.2. The Morgan fingerprint density at radius 1 is 1.00 bits per heavy atom. The number of aryl methyl sites for hydroxylation is 1. The molecule has 1 saturated heterocycles. The van der Waals surface area contributed by atoms with Gasteiger partial charge in [-0.2, -0.15) is 0 Å². The third-order valence-electron chi connectivity index (χ3n) is 5.48. The number of benzene rings is 2. The molecule has 0 radical (unpaired) electrons. The van der Waals surface area contributed by atoms with E-state index in [1.165, 1.54) is 4.90 Å². The second-order valence-corrected chi connectivity index (χ2v) is 7.92. The van der Waals surface area contributed by atoms with E-state index in [1.807, 2.05) is 13.8 Å². The molecule has 1 amide bonds. The van der Waals surface area contributed by atoms with E-state index in [9.17, 15) is 14.7 Å². The van der Waals surface area contributed by atoms with Crippen LogP contribution in [0.15, 0.2) is 70.7 Å². The van der Waals surface area contributed by atoms with Gasteiger partial charge in [0.25, 0.3) is 11.7 Å². The third kappa shape index (κ3) is 4.41. The number of aliphatic hydroxyl groups excluding tert-OH is 1. The summed E-state index contributed by atoms with van der Waals surface area (Å²) < 4.78 is 17.0. The predicted molar refractivity (Wildman–Crippen MR) is 128 cm³/mol. The standard InChI is InChI=1S/C27H27NO6/c1-4-15-33-21-8-6-7-18(16-21)25(29)23-24(22-14-9-17(3)34-22)28(27(31)26(23)30)19-10-12-20(13-11-19)32-5-2/h6-14,16,24,29H,4-5,15H2,1-3H3/b25-23-. The Kier molecular flexibility index (Phi) is 6.72. The molecule has 7 nitrogen and oxygen atoms in total. The lowest BCUT2D eigenvalue weighted by molar-refractivity contribution is -0.132. The summed E-state index contributed by atoms with van der Waals surface area (Å²) in [4.78, 5) is 27.8. The molecule has 176 valence electrons. The molecule has 7 heteroatoms. The van der Waals surface area contributed by atoms with Gasteiger partial charge in [-0.1, -0.05) is 19.1 Å². The number of hydrogen-bond donors (Lipinski definition) is 1. The molecule has 3 aromatic rings. The van der Waals surface area contributed by atoms with Crippen molar-refractivity contribution in [2.45, 2.75) is 33.2 Å². The van der Waals surface area contributed by atoms with Crippen LogP contribution in [0.2, 0.25) is 0 Å². The monoisotopic (exact) mass is 461 g/mol. The van der Waals surface area contributed by atoms with Crippen LogP contribution in [-0.2, 0) is 9.59 Å². The van der Waals surface area contributed by atoms with Crippen LogP contribution in [0.1, 0.15) is 43.4 Å². The van der Waals surface area contributed by atoms with Gasteiger partial charge in [0, 0.05) is 11.3 Å². The highest BCUT2D eigenvalue weighted by Crippen LogP contribution is 2.43. The van der Waals surface area contributed by atoms with Crippen molar-refractivity contribution in [1.82, 2.24) is 0 Å². The average molecular weight is 462 g/mol. The smallest absolute Gasteiger partial charge is 0.300 e. The number of ether oxygens (including phenoxy) is 2. The maximum absolute atomic E-state index is 13.2. The first-order valence-corrected chi connectivity index (χ1v) is 11.3. The van der Waals surface area contributed by atoms with E-state index in [-0.39, 0.29) is 11.3 Å². The number of carbonyl (C=O) groups is 2. The van der Waals surface area contributed by atoms with Gasteiger partial charge in [0.15, 0.2) is 0 Å². The number of Topliss-reactive ketones (excluding diaryl/α,β-unsaturated/α-hetero) is 1. The van der Waals surface area contributed by atoms with Crippen molar-refractivity contribution < 1.29 is 28.6 Å². The summed E-state index contributed by atoms with van der Waals surface area (Å²) in [7, 11) is 0. The molecule has 2 aromatic carbocycles. The highest BCUT2D eigenvalue weighted by molar-refractivity contribution is 6.51. The van der Waals surface area contributed by atoms with Crippen molar-refractivity contribution in [2.24, 2.45) is 0 Å². The molecular formula is C27H27NO6. The SMILES string of the molecule is CCCOc1cccc(/C(O)=C2/C(=O)C(=O)N(c3ccc(OCC)cc3)C2c2ccc(C)o2)c1. The lowest BCUT2D eigenvalue weighted by atomic mass is 9.99. The van der Waals surface area contributed by atoms with Gasteiger partial charge in [0.1, 0.15) is 34.8 Å². The molecule has 4 rings (SSSR count). The fraction of sp³-hybridized carbons (Fsp3) is 0.259. The van der Waals surface area contributed by atoms with Crippen molar-refractivity contribution in [2.75, 3.05) is 18.1 Å². The van der Waals surface area contributed by atoms with Gasteiger partial charge in [0.2, 0.25) is 0 Å². The number of nitrogens with zero attached hydrogens (tertiary/aromatic N) is 1. The lowest BCUT2D eigenvalue weighted by Gasteiger charge is -2.23. The highest BCUT2D eigenvalue weighted by atomic mass is 16.5. The van der Waals surface area contributed by atoms with Gasteiger partial charge < -0.3 is 19.0 Å². The summed E-state index contributed by atoms with van der Waals surface area (Å²) in [6.45, 7) is 6.70. The number of anilines is 1. The molecular weight excluding hydrogens is 434 g/mol. The average Bonchev–Trinajstić information content (AvgIpc) is 3.39. The first kappa shape index (κ1) is 23.2. The molecule has 1 aliphatic rings. The Morgan fingerprint density at radius 2 is 1.76 bits per heavy atom. The van der Waals surface area contributed by atoms with Crippen LogP contribution in [0, 0.1) is 6.92 Å². The van der Waals surface area contributed by atoms with Gasteiger partial charge >= 0.3 is 0 Å². The van der Waals surface area contributed by atoms with Gasteiger partial charge in [0.05, 0.1) is 18.8 Å². The third-order valence-corrected chi connectivity index (χ3v) is 5.48. The Bertz CT molecular complexity index is 1220. The Balaban J connectivity index is 1.83. The van der Waals surface area contributed by atoms with Crippen LogP contribution in [0.25, 0.3) is 5.76 Å². The first-order chi connectivity index (χ1) is 16.4. The number of hydrogen-bond acceptors (Lipinski definition) is 6. The summed E-state index contributed by atoms with van der Waals surface area (Å²) in [6, 6.07) is 16.3. The lowest BCUT2D eigenvalue weighted by Crippen LogP contribution is -2.29. The normalized spacial score (nSPS) is 17.3. The quantitative estimate of drug-likeness (QED) is 0.274. The maximum Gasteiger partial charge on any atom is 0.300 e. The van der Waals surface area contributed by atoms with E-state index in [2.05, 4.69) is 0 Å². The minimum Gasteiger partial charge on any atom is -0.507 e. The van der Waals surface area contributed by atoms with Crippen LogP contribution in [0.5, 0.6) is 11.5 Å². The molecule has 1 unspecified atom stereocenters. The fourth-order valence-electron chi connectivity index (χ4n) is 3.95. The molecule has 34 heavy (non-hydrogen) atoms. The summed E-state index contributed by atoms with van der Waals surface area (Å²) in [6.07, 6.45) is 0.835. The molecule has 0 spiro atoms. The Hall–Kier alpha value is -4.00. The van der Waals surface area contributed by atoms with Crippen molar-refractivity contribution in [3.63, 3.8) is 0 Å². The maximum atomic E-state index is 13.2. The van der Waals surface area contributed by atoms with E-state index >= 15 is 0 Å². The number of carbonyl (C=O) groups excluding carboxylic acids is 2. The molecule has 1 atom stereocenters. The van der Waals surface area contributed by atoms with Gasteiger partial charge in [-0.05, 0) is 68.8 Å². The first-order valence-electron chi connectivity index (χ1n) is 11.3. The van der Waals surface area contributed by atoms with Crippen LogP contribution in [0.4, 0.5) is 5.69 Å². The van der Waals surface area contributed by atoms with Crippen LogP contribution >= 0.6 is 0 Å². The Labute approximate surface area is 198 Å². The highest BCUT2D eigenvalue weighted by Gasteiger charge is 2.48. The predicted octanol–water partition coefficient (Wildman–Crippen LogP) is 5.40. The van der Waals surface area contributed by atoms with Gasteiger partial charge in [-0.25, -0.2) is 0 Å². The van der Waals surface area contributed by atoms with Crippen molar-refractivity contribution in [3.8, 4) is 11.5 Å². The molecule has 0 bridgehead atoms. The van der Waals surface area contributed by atoms with E-state index in [4.69, 9.17) is 13.9 Å². The van der Waals surface area contributed by atoms with Crippen LogP contribution in [0.3, 0.4) is 0 Å². The van der Waals surface area contributed by atoms with Gasteiger partial charge in [-0.15, -0.1) is 0 Å². The molecule has 2 heterocycles. The van der Waals surface area contributed by atoms with E-state index in [0.29, 0.717) is 47.5 Å². The van der Waals surface area contributed by atoms with E-state index < -0.39 is 17.7 Å². The molecule has 1 N–H and O–H groups in total. The summed E-state index contributed by atoms with van der Waals surface area (Å²) >= 11 is 0. The molecule has 1 aliphatic heterocycles. The van der Waals surface area contributed by atoms with Crippen LogP contribution < -0.4 is 14.4 Å². The second kappa shape index (κ2) is 9.87. The molecule has 1 aromatic heterocycles. The zero-order chi connectivity index (χ0) is 24.2. The second-order valence-electron chi connectivity index (χ2n) is 7.92. The van der Waals surface area contributed by atoms with Crippen molar-refractivity contribution in [1.29, 1.82) is 0 Å². The molecule has 1 fully saturated rings. The van der Waals surface area contributed by atoms with Crippen molar-refractivity contribution >= 4 is 23.1 Å². The number of furan rings is 1. The van der Waals surface area contributed by atoms with Crippen LogP contribution in [-0.4, -0.2) is 30.0 Å². The number of aliphatic hydroxyl groups is 1. The minimum absolute atomic E-state index is 0.0409. The summed E-state index contributed by atoms with van der Waals surface area (Å²) in [5.41, 5.74) is 0.830. The van der Waals surface area contributed by atoms with Crippen molar-refractivity contribution in [3.05, 3.63) is 83.3 Å². The Morgan fingerprint density at radius 3 is 2.41 bits per heavy atom. The molecule has 0 saturated carbocycles. The topological polar surface area (TPSA) is 89.2 Å². The van der Waals surface area contributed by atoms with E-state index in [0.717, 1.165) is 6.42 Å². The zero-order valence-corrected chi connectivity index (χ0v) is 19.4. The fourth-order valence-corrected chi connectivity index (χ4v) is 3.95. The largest absolute Gasteiger partial charge is 0.507 e. The zero-order valence-electron chi connectivity index (χ0n) is 19.4. The van der Waals surface area contributed by atoms with E-state index in [1.54, 1.807) is 67.6 Å². The minimum atomic E-state index is -0.924. The number of ketones is 1. The van der Waals surface area contributed by atoms with Gasteiger partial charge in [-0.3, -0.25) is 14.5 Å². The molecule has 0 aliphatic carbocycles. The number of rotatable bonds is 8. The summed E-state index contributed by atoms with van der Waals surface area (Å²) in [5.74, 6) is 0.406.